The molecule has 0 rings (SSSR count). The number of rotatable bonds is 13. The van der Waals surface area contributed by atoms with Crippen LogP contribution in [0.25, 0.3) is 0 Å². The first kappa shape index (κ1) is 26.5. The van der Waals surface area contributed by atoms with Crippen LogP contribution < -0.4 is 33.2 Å². The first-order valence-electron chi connectivity index (χ1n) is 9.02. The fraction of sp³-hybridized carbons (Fsp3) is 0.688. The second-order valence-electron chi connectivity index (χ2n) is 6.59. The van der Waals surface area contributed by atoms with Crippen LogP contribution in [0.15, 0.2) is 4.99 Å². The second kappa shape index (κ2) is 13.6. The van der Waals surface area contributed by atoms with Crippen LogP contribution in [0.5, 0.6) is 0 Å². The smallest absolute Gasteiger partial charge is 0.327 e. The lowest BCUT2D eigenvalue weighted by molar-refractivity contribution is -0.141. The van der Waals surface area contributed by atoms with Crippen molar-refractivity contribution in [1.82, 2.24) is 16.0 Å². The van der Waals surface area contributed by atoms with E-state index in [9.17, 15) is 19.2 Å². The topological polar surface area (TPSA) is 215 Å². The first-order chi connectivity index (χ1) is 13.5. The Balaban J connectivity index is 5.30. The van der Waals surface area contributed by atoms with Gasteiger partial charge in [0.05, 0.1) is 6.54 Å². The number of aliphatic carboxylic acids is 1. The van der Waals surface area contributed by atoms with E-state index in [1.165, 1.54) is 0 Å². The van der Waals surface area contributed by atoms with Crippen LogP contribution in [0, 0.1) is 5.92 Å². The first-order valence-corrected chi connectivity index (χ1v) is 9.65. The highest BCUT2D eigenvalue weighted by molar-refractivity contribution is 7.80. The lowest BCUT2D eigenvalue weighted by Gasteiger charge is -2.26. The zero-order chi connectivity index (χ0) is 22.6. The number of nitrogens with one attached hydrogen (secondary N) is 3. The zero-order valence-electron chi connectivity index (χ0n) is 16.6. The van der Waals surface area contributed by atoms with Crippen molar-refractivity contribution in [2.24, 2.45) is 28.1 Å². The van der Waals surface area contributed by atoms with Gasteiger partial charge in [-0.05, 0) is 18.8 Å². The van der Waals surface area contributed by atoms with Crippen LogP contribution in [0.3, 0.4) is 0 Å². The van der Waals surface area contributed by atoms with Crippen LogP contribution >= 0.6 is 12.6 Å². The van der Waals surface area contributed by atoms with E-state index < -0.39 is 41.8 Å². The van der Waals surface area contributed by atoms with Gasteiger partial charge < -0.3 is 38.3 Å². The van der Waals surface area contributed by atoms with Crippen LogP contribution in [-0.2, 0) is 19.2 Å². The third-order valence-corrected chi connectivity index (χ3v) is 4.19. The molecule has 0 spiro atoms. The van der Waals surface area contributed by atoms with E-state index >= 15 is 0 Å². The third kappa shape index (κ3) is 10.5. The highest BCUT2D eigenvalue weighted by Gasteiger charge is 2.30. The van der Waals surface area contributed by atoms with E-state index in [1.54, 1.807) is 13.8 Å². The molecule has 3 amide bonds. The largest absolute Gasteiger partial charge is 0.480 e. The van der Waals surface area contributed by atoms with E-state index in [1.807, 2.05) is 0 Å². The van der Waals surface area contributed by atoms with Gasteiger partial charge in [-0.1, -0.05) is 13.8 Å². The van der Waals surface area contributed by atoms with Crippen molar-refractivity contribution >= 4 is 42.3 Å². The Bertz CT molecular complexity index is 610. The summed E-state index contributed by atoms with van der Waals surface area (Å²) in [6, 6.07) is -3.20. The standard InChI is InChI=1S/C16H31N7O5S/c1-8(2)12(23-11(24)6-17)14(26)21-9(4-3-5-20-16(18)19)13(25)22-10(7-29)15(27)28/h8-10,12,29H,3-7,17H2,1-2H3,(H,21,26)(H,22,25)(H,23,24)(H,27,28)(H4,18,19,20). The Morgan fingerprint density at radius 2 is 1.62 bits per heavy atom. The molecule has 29 heavy (non-hydrogen) atoms. The molecule has 0 aromatic heterocycles. The lowest BCUT2D eigenvalue weighted by atomic mass is 10.0. The fourth-order valence-electron chi connectivity index (χ4n) is 2.26. The summed E-state index contributed by atoms with van der Waals surface area (Å²) in [5, 5.41) is 16.5. The summed E-state index contributed by atoms with van der Waals surface area (Å²) < 4.78 is 0. The third-order valence-electron chi connectivity index (χ3n) is 3.83. The van der Waals surface area contributed by atoms with Gasteiger partial charge in [-0.25, -0.2) is 4.79 Å². The minimum Gasteiger partial charge on any atom is -0.480 e. The van der Waals surface area contributed by atoms with Gasteiger partial charge in [-0.3, -0.25) is 19.4 Å². The van der Waals surface area contributed by atoms with Gasteiger partial charge in [0.1, 0.15) is 18.1 Å². The van der Waals surface area contributed by atoms with Crippen LogP contribution in [0.1, 0.15) is 26.7 Å². The number of carboxylic acids is 1. The monoisotopic (exact) mass is 433 g/mol. The SMILES string of the molecule is CC(C)C(NC(=O)CN)C(=O)NC(CCCN=C(N)N)C(=O)NC(CS)C(=O)O. The number of nitrogens with two attached hydrogens (primary N) is 3. The Hall–Kier alpha value is -2.54. The van der Waals surface area contributed by atoms with Gasteiger partial charge in [0.2, 0.25) is 17.7 Å². The molecule has 3 atom stereocenters. The van der Waals surface area contributed by atoms with Gasteiger partial charge in [0, 0.05) is 12.3 Å². The molecule has 3 unspecified atom stereocenters. The summed E-state index contributed by atoms with van der Waals surface area (Å²) in [5.41, 5.74) is 15.8. The maximum absolute atomic E-state index is 12.6. The normalized spacial score (nSPS) is 13.7. The predicted octanol–water partition coefficient (Wildman–Crippen LogP) is -2.88. The van der Waals surface area contributed by atoms with E-state index in [-0.39, 0.29) is 37.1 Å². The van der Waals surface area contributed by atoms with E-state index in [0.29, 0.717) is 6.42 Å². The molecule has 0 aromatic rings. The number of guanidine groups is 1. The van der Waals surface area contributed by atoms with E-state index in [0.717, 1.165) is 0 Å². The minimum absolute atomic E-state index is 0.111. The molecule has 0 fully saturated rings. The zero-order valence-corrected chi connectivity index (χ0v) is 17.4. The number of hydrogen-bond acceptors (Lipinski definition) is 7. The van der Waals surface area contributed by atoms with Crippen molar-refractivity contribution in [3.63, 3.8) is 0 Å². The summed E-state index contributed by atoms with van der Waals surface area (Å²) in [6.07, 6.45) is 0.485. The molecule has 0 saturated carbocycles. The molecule has 0 aromatic carbocycles. The van der Waals surface area contributed by atoms with Gasteiger partial charge >= 0.3 is 5.97 Å². The minimum atomic E-state index is -1.26. The number of carbonyl (C=O) groups excluding carboxylic acids is 3. The van der Waals surface area contributed by atoms with E-state index in [2.05, 4.69) is 33.6 Å². The van der Waals surface area contributed by atoms with Gasteiger partial charge in [-0.2, -0.15) is 12.6 Å². The quantitative estimate of drug-likeness (QED) is 0.0651. The Morgan fingerprint density at radius 3 is 2.07 bits per heavy atom. The summed E-state index contributed by atoms with van der Waals surface area (Å²) in [6.45, 7) is 3.36. The molecule has 12 nitrogen and oxygen atoms in total. The Kier molecular flexibility index (Phi) is 12.4. The van der Waals surface area contributed by atoms with Crippen molar-refractivity contribution in [3.05, 3.63) is 0 Å². The van der Waals surface area contributed by atoms with Gasteiger partial charge in [-0.15, -0.1) is 0 Å². The molecule has 166 valence electrons. The molecule has 0 aliphatic carbocycles. The van der Waals surface area contributed by atoms with Crippen molar-refractivity contribution in [1.29, 1.82) is 0 Å². The lowest BCUT2D eigenvalue weighted by Crippen LogP contribution is -2.57. The van der Waals surface area contributed by atoms with Gasteiger partial charge in [0.25, 0.3) is 0 Å². The van der Waals surface area contributed by atoms with E-state index in [4.69, 9.17) is 22.3 Å². The summed E-state index contributed by atoms with van der Waals surface area (Å²) in [4.78, 5) is 51.7. The maximum atomic E-state index is 12.6. The Morgan fingerprint density at radius 1 is 1.03 bits per heavy atom. The number of aliphatic imine (C=N–C) groups is 1. The molecule has 0 aliphatic rings. The van der Waals surface area contributed by atoms with Crippen molar-refractivity contribution < 1.29 is 24.3 Å². The van der Waals surface area contributed by atoms with Gasteiger partial charge in [0.15, 0.2) is 5.96 Å². The summed E-state index contributed by atoms with van der Waals surface area (Å²) >= 11 is 3.90. The molecule has 0 radical (unpaired) electrons. The molecular weight excluding hydrogens is 402 g/mol. The number of hydrogen-bond donors (Lipinski definition) is 8. The molecule has 0 bridgehead atoms. The van der Waals surface area contributed by atoms with Crippen molar-refractivity contribution in [3.8, 4) is 0 Å². The average Bonchev–Trinajstić information content (AvgIpc) is 2.64. The van der Waals surface area contributed by atoms with Crippen LogP contribution in [0.4, 0.5) is 0 Å². The molecule has 13 heteroatoms. The number of nitrogens with zero attached hydrogens (tertiary/aromatic N) is 1. The number of thiol groups is 1. The van der Waals surface area contributed by atoms with Crippen LogP contribution in [-0.4, -0.2) is 71.7 Å². The molecule has 0 heterocycles. The predicted molar refractivity (Wildman–Crippen MR) is 111 cm³/mol. The van der Waals surface area contributed by atoms with Crippen molar-refractivity contribution in [2.45, 2.75) is 44.8 Å². The Labute approximate surface area is 174 Å². The highest BCUT2D eigenvalue weighted by Crippen LogP contribution is 2.06. The fourth-order valence-corrected chi connectivity index (χ4v) is 2.51. The summed E-state index contributed by atoms with van der Waals surface area (Å²) in [5.74, 6) is -3.58. The second-order valence-corrected chi connectivity index (χ2v) is 6.95. The number of carboxylic acid groups (broad SMARTS) is 1. The summed E-state index contributed by atoms with van der Waals surface area (Å²) in [7, 11) is 0. The van der Waals surface area contributed by atoms with Crippen LogP contribution in [0.2, 0.25) is 0 Å². The molecule has 0 saturated heterocycles. The molecular formula is C16H31N7O5S. The maximum Gasteiger partial charge on any atom is 0.327 e. The average molecular weight is 434 g/mol. The highest BCUT2D eigenvalue weighted by atomic mass is 32.1. The molecule has 0 aliphatic heterocycles. The van der Waals surface area contributed by atoms with Crippen molar-refractivity contribution in [2.75, 3.05) is 18.8 Å². The number of carbonyl (C=O) groups is 4. The molecule has 10 N–H and O–H groups in total. The number of amides is 3.